The zero-order chi connectivity index (χ0) is 18.9. The van der Waals surface area contributed by atoms with Gasteiger partial charge in [-0.3, -0.25) is 4.72 Å². The first-order chi connectivity index (χ1) is 12.3. The second-order valence-corrected chi connectivity index (χ2v) is 7.53. The van der Waals surface area contributed by atoms with Crippen LogP contribution < -0.4 is 4.72 Å². The van der Waals surface area contributed by atoms with Gasteiger partial charge in [-0.2, -0.15) is 0 Å². The number of halogens is 2. The monoisotopic (exact) mass is 374 g/mol. The van der Waals surface area contributed by atoms with Crippen molar-refractivity contribution in [2.45, 2.75) is 18.7 Å². The van der Waals surface area contributed by atoms with Gasteiger partial charge in [0.25, 0.3) is 10.0 Å². The molecule has 0 aliphatic heterocycles. The third-order valence-electron chi connectivity index (χ3n) is 3.94. The van der Waals surface area contributed by atoms with Crippen molar-refractivity contribution in [3.05, 3.63) is 77.5 Å². The molecule has 4 nitrogen and oxygen atoms in total. The molecular formula is C19H16F2N2O2S. The molecule has 0 saturated heterocycles. The summed E-state index contributed by atoms with van der Waals surface area (Å²) in [5, 5.41) is 0. The maximum atomic E-state index is 13.5. The van der Waals surface area contributed by atoms with E-state index in [1.165, 1.54) is 30.3 Å². The highest BCUT2D eigenvalue weighted by Crippen LogP contribution is 2.28. The van der Waals surface area contributed by atoms with Crippen LogP contribution in [-0.2, 0) is 10.0 Å². The van der Waals surface area contributed by atoms with Crippen LogP contribution in [0.2, 0.25) is 0 Å². The van der Waals surface area contributed by atoms with E-state index in [0.717, 1.165) is 17.7 Å². The van der Waals surface area contributed by atoms with Gasteiger partial charge >= 0.3 is 0 Å². The Kier molecular flexibility index (Phi) is 4.73. The van der Waals surface area contributed by atoms with E-state index in [-0.39, 0.29) is 16.5 Å². The van der Waals surface area contributed by atoms with E-state index < -0.39 is 15.8 Å². The topological polar surface area (TPSA) is 59.1 Å². The normalized spacial score (nSPS) is 11.4. The molecule has 1 aromatic heterocycles. The number of sulfonamides is 1. The zero-order valence-electron chi connectivity index (χ0n) is 14.1. The average Bonchev–Trinajstić information content (AvgIpc) is 2.57. The number of aromatic nitrogens is 1. The van der Waals surface area contributed by atoms with Crippen LogP contribution in [0.15, 0.2) is 59.5 Å². The van der Waals surface area contributed by atoms with Gasteiger partial charge in [0.15, 0.2) is 0 Å². The molecule has 0 atom stereocenters. The Labute approximate surface area is 150 Å². The standard InChI is InChI=1S/C19H16F2N2O2S/c1-12-3-4-15(21)11-18(12)17-9-10-19(22-13(17)2)23-26(24,25)16-7-5-14(20)6-8-16/h3-11H,1-2H3,(H,22,23). The minimum Gasteiger partial charge on any atom is -0.263 e. The molecule has 0 fully saturated rings. The Balaban J connectivity index is 1.93. The van der Waals surface area contributed by atoms with Gasteiger partial charge in [-0.05, 0) is 73.5 Å². The first-order valence-electron chi connectivity index (χ1n) is 7.79. The lowest BCUT2D eigenvalue weighted by atomic mass is 9.99. The van der Waals surface area contributed by atoms with Crippen LogP contribution in [0.3, 0.4) is 0 Å². The fourth-order valence-corrected chi connectivity index (χ4v) is 3.60. The largest absolute Gasteiger partial charge is 0.263 e. The van der Waals surface area contributed by atoms with E-state index >= 15 is 0 Å². The van der Waals surface area contributed by atoms with Crippen molar-refractivity contribution in [2.75, 3.05) is 4.72 Å². The lowest BCUT2D eigenvalue weighted by Crippen LogP contribution is -2.14. The molecule has 7 heteroatoms. The first kappa shape index (κ1) is 18.0. The molecule has 0 aliphatic rings. The summed E-state index contributed by atoms with van der Waals surface area (Å²) in [4.78, 5) is 4.20. The Morgan fingerprint density at radius 3 is 2.15 bits per heavy atom. The average molecular weight is 374 g/mol. The maximum absolute atomic E-state index is 13.5. The van der Waals surface area contributed by atoms with Crippen molar-refractivity contribution in [1.82, 2.24) is 4.98 Å². The van der Waals surface area contributed by atoms with Crippen molar-refractivity contribution in [1.29, 1.82) is 0 Å². The number of pyridine rings is 1. The van der Waals surface area contributed by atoms with Gasteiger partial charge in [0.2, 0.25) is 0 Å². The molecule has 1 heterocycles. The molecule has 0 amide bonds. The smallest absolute Gasteiger partial charge is 0.263 e. The van der Waals surface area contributed by atoms with E-state index in [0.29, 0.717) is 16.8 Å². The van der Waals surface area contributed by atoms with E-state index in [2.05, 4.69) is 9.71 Å². The minimum absolute atomic E-state index is 0.0663. The molecule has 0 aliphatic carbocycles. The van der Waals surface area contributed by atoms with Gasteiger partial charge in [0.1, 0.15) is 17.5 Å². The van der Waals surface area contributed by atoms with Crippen LogP contribution in [-0.4, -0.2) is 13.4 Å². The minimum atomic E-state index is -3.88. The Hall–Kier alpha value is -2.80. The molecule has 3 aromatic rings. The summed E-state index contributed by atoms with van der Waals surface area (Å²) in [5.41, 5.74) is 2.85. The maximum Gasteiger partial charge on any atom is 0.263 e. The van der Waals surface area contributed by atoms with Crippen LogP contribution in [0, 0.1) is 25.5 Å². The molecule has 0 unspecified atom stereocenters. The second kappa shape index (κ2) is 6.84. The van der Waals surface area contributed by atoms with E-state index in [1.54, 1.807) is 19.1 Å². The predicted octanol–water partition coefficient (Wildman–Crippen LogP) is 4.44. The summed E-state index contributed by atoms with van der Waals surface area (Å²) in [6, 6.07) is 12.2. The molecule has 134 valence electrons. The van der Waals surface area contributed by atoms with Gasteiger partial charge in [-0.15, -0.1) is 0 Å². The second-order valence-electron chi connectivity index (χ2n) is 5.85. The van der Waals surface area contributed by atoms with E-state index in [4.69, 9.17) is 0 Å². The third kappa shape index (κ3) is 3.72. The van der Waals surface area contributed by atoms with Crippen molar-refractivity contribution in [2.24, 2.45) is 0 Å². The Bertz CT molecular complexity index is 1070. The molecule has 0 bridgehead atoms. The lowest BCUT2D eigenvalue weighted by Gasteiger charge is -2.12. The molecule has 1 N–H and O–H groups in total. The molecule has 0 saturated carbocycles. The van der Waals surface area contributed by atoms with Crippen LogP contribution in [0.1, 0.15) is 11.3 Å². The van der Waals surface area contributed by atoms with E-state index in [1.807, 2.05) is 6.92 Å². The van der Waals surface area contributed by atoms with Crippen LogP contribution in [0.4, 0.5) is 14.6 Å². The summed E-state index contributed by atoms with van der Waals surface area (Å²) in [7, 11) is -3.88. The lowest BCUT2D eigenvalue weighted by molar-refractivity contribution is 0.599. The summed E-state index contributed by atoms with van der Waals surface area (Å²) >= 11 is 0. The number of hydrogen-bond donors (Lipinski definition) is 1. The Morgan fingerprint density at radius 1 is 0.846 bits per heavy atom. The van der Waals surface area contributed by atoms with Crippen molar-refractivity contribution in [3.8, 4) is 11.1 Å². The molecular weight excluding hydrogens is 358 g/mol. The molecule has 2 aromatic carbocycles. The summed E-state index contributed by atoms with van der Waals surface area (Å²) in [5.74, 6) is -0.747. The number of rotatable bonds is 4. The fourth-order valence-electron chi connectivity index (χ4n) is 2.60. The summed E-state index contributed by atoms with van der Waals surface area (Å²) < 4.78 is 53.6. The van der Waals surface area contributed by atoms with Gasteiger partial charge in [0.05, 0.1) is 4.90 Å². The third-order valence-corrected chi connectivity index (χ3v) is 5.31. The fraction of sp³-hybridized carbons (Fsp3) is 0.105. The number of nitrogens with zero attached hydrogens (tertiary/aromatic N) is 1. The number of anilines is 1. The van der Waals surface area contributed by atoms with Crippen LogP contribution >= 0.6 is 0 Å². The van der Waals surface area contributed by atoms with Crippen molar-refractivity contribution < 1.29 is 17.2 Å². The number of benzene rings is 2. The quantitative estimate of drug-likeness (QED) is 0.734. The molecule has 26 heavy (non-hydrogen) atoms. The SMILES string of the molecule is Cc1ccc(F)cc1-c1ccc(NS(=O)(=O)c2ccc(F)cc2)nc1C. The van der Waals surface area contributed by atoms with Gasteiger partial charge < -0.3 is 0 Å². The van der Waals surface area contributed by atoms with Gasteiger partial charge in [-0.25, -0.2) is 22.2 Å². The summed E-state index contributed by atoms with van der Waals surface area (Å²) in [6.07, 6.45) is 0. The highest BCUT2D eigenvalue weighted by Gasteiger charge is 2.16. The molecule has 3 rings (SSSR count). The highest BCUT2D eigenvalue weighted by molar-refractivity contribution is 7.92. The highest BCUT2D eigenvalue weighted by atomic mass is 32.2. The number of nitrogens with one attached hydrogen (secondary N) is 1. The van der Waals surface area contributed by atoms with Gasteiger partial charge in [-0.1, -0.05) is 6.07 Å². The summed E-state index contributed by atoms with van der Waals surface area (Å²) in [6.45, 7) is 3.58. The van der Waals surface area contributed by atoms with Crippen LogP contribution in [0.5, 0.6) is 0 Å². The Morgan fingerprint density at radius 2 is 1.50 bits per heavy atom. The molecule has 0 spiro atoms. The van der Waals surface area contributed by atoms with Crippen LogP contribution in [0.25, 0.3) is 11.1 Å². The van der Waals surface area contributed by atoms with Crippen molar-refractivity contribution >= 4 is 15.8 Å². The zero-order valence-corrected chi connectivity index (χ0v) is 14.9. The van der Waals surface area contributed by atoms with E-state index in [9.17, 15) is 17.2 Å². The first-order valence-corrected chi connectivity index (χ1v) is 9.27. The van der Waals surface area contributed by atoms with Crippen molar-refractivity contribution in [3.63, 3.8) is 0 Å². The number of hydrogen-bond acceptors (Lipinski definition) is 3. The molecule has 0 radical (unpaired) electrons. The predicted molar refractivity (Wildman–Crippen MR) is 96.3 cm³/mol. The number of aryl methyl sites for hydroxylation is 2. The van der Waals surface area contributed by atoms with Gasteiger partial charge in [0, 0.05) is 11.3 Å².